The van der Waals surface area contributed by atoms with E-state index in [0.717, 1.165) is 0 Å². The van der Waals surface area contributed by atoms with E-state index < -0.39 is 12.0 Å². The summed E-state index contributed by atoms with van der Waals surface area (Å²) in [5, 5.41) is 20.2. The zero-order valence-electron chi connectivity index (χ0n) is 11.5. The summed E-state index contributed by atoms with van der Waals surface area (Å²) in [6, 6.07) is 7.94. The van der Waals surface area contributed by atoms with Crippen LogP contribution in [0, 0.1) is 17.2 Å². The van der Waals surface area contributed by atoms with E-state index in [-0.39, 0.29) is 12.5 Å². The monoisotopic (exact) mass is 275 g/mol. The molecule has 0 saturated carbocycles. The molecular formula is C14H17N3O3. The molecule has 0 heterocycles. The van der Waals surface area contributed by atoms with Crippen molar-refractivity contribution in [3.63, 3.8) is 0 Å². The van der Waals surface area contributed by atoms with Crippen molar-refractivity contribution in [3.8, 4) is 6.07 Å². The number of anilines is 1. The molecule has 0 bridgehead atoms. The van der Waals surface area contributed by atoms with E-state index in [2.05, 4.69) is 5.32 Å². The average molecular weight is 275 g/mol. The highest BCUT2D eigenvalue weighted by Gasteiger charge is 2.18. The van der Waals surface area contributed by atoms with Gasteiger partial charge in [-0.05, 0) is 24.1 Å². The Morgan fingerprint density at radius 1 is 1.45 bits per heavy atom. The molecule has 6 nitrogen and oxygen atoms in total. The van der Waals surface area contributed by atoms with Gasteiger partial charge in [0, 0.05) is 12.2 Å². The second-order valence-electron chi connectivity index (χ2n) is 4.79. The number of nitrogens with one attached hydrogen (secondary N) is 1. The van der Waals surface area contributed by atoms with Gasteiger partial charge in [0.2, 0.25) is 0 Å². The van der Waals surface area contributed by atoms with Gasteiger partial charge in [0.05, 0.1) is 11.6 Å². The molecule has 0 radical (unpaired) electrons. The SMILES string of the molecule is CC(C)CN(CC(=O)O)C(=O)Nc1cccc(C#N)c1. The van der Waals surface area contributed by atoms with Gasteiger partial charge >= 0.3 is 12.0 Å². The fourth-order valence-corrected chi connectivity index (χ4v) is 1.69. The van der Waals surface area contributed by atoms with Crippen molar-refractivity contribution >= 4 is 17.7 Å². The van der Waals surface area contributed by atoms with Crippen LogP contribution in [0.3, 0.4) is 0 Å². The molecule has 2 amide bonds. The van der Waals surface area contributed by atoms with E-state index in [4.69, 9.17) is 10.4 Å². The lowest BCUT2D eigenvalue weighted by Gasteiger charge is -2.23. The maximum Gasteiger partial charge on any atom is 0.323 e. The third kappa shape index (κ3) is 4.98. The fourth-order valence-electron chi connectivity index (χ4n) is 1.69. The van der Waals surface area contributed by atoms with Crippen LogP contribution in [0.4, 0.5) is 10.5 Å². The molecule has 0 aliphatic heterocycles. The molecule has 106 valence electrons. The van der Waals surface area contributed by atoms with E-state index in [1.165, 1.54) is 11.0 Å². The number of carboxylic acid groups (broad SMARTS) is 1. The smallest absolute Gasteiger partial charge is 0.323 e. The Balaban J connectivity index is 2.79. The Morgan fingerprint density at radius 3 is 2.70 bits per heavy atom. The first kappa shape index (κ1) is 15.5. The minimum Gasteiger partial charge on any atom is -0.480 e. The lowest BCUT2D eigenvalue weighted by molar-refractivity contribution is -0.137. The normalized spacial score (nSPS) is 9.90. The minimum atomic E-state index is -1.06. The van der Waals surface area contributed by atoms with Crippen LogP contribution in [-0.2, 0) is 4.79 Å². The summed E-state index contributed by atoms with van der Waals surface area (Å²) in [6.07, 6.45) is 0. The molecule has 6 heteroatoms. The van der Waals surface area contributed by atoms with E-state index in [0.29, 0.717) is 17.8 Å². The van der Waals surface area contributed by atoms with Crippen molar-refractivity contribution in [1.82, 2.24) is 4.90 Å². The van der Waals surface area contributed by atoms with E-state index in [1.54, 1.807) is 18.2 Å². The van der Waals surface area contributed by atoms with Crippen LogP contribution in [0.25, 0.3) is 0 Å². The predicted molar refractivity (Wildman–Crippen MR) is 74.2 cm³/mol. The average Bonchev–Trinajstić information content (AvgIpc) is 2.37. The number of hydrogen-bond donors (Lipinski definition) is 2. The molecule has 0 saturated heterocycles. The molecule has 0 unspecified atom stereocenters. The Hall–Kier alpha value is -2.55. The first-order chi connectivity index (χ1) is 9.42. The predicted octanol–water partition coefficient (Wildman–Crippen LogP) is 2.13. The van der Waals surface area contributed by atoms with Crippen LogP contribution in [0.1, 0.15) is 19.4 Å². The van der Waals surface area contributed by atoms with Crippen molar-refractivity contribution in [1.29, 1.82) is 5.26 Å². The van der Waals surface area contributed by atoms with Gasteiger partial charge in [-0.3, -0.25) is 4.79 Å². The van der Waals surface area contributed by atoms with Crippen molar-refractivity contribution in [2.24, 2.45) is 5.92 Å². The third-order valence-corrected chi connectivity index (χ3v) is 2.44. The molecule has 1 aromatic carbocycles. The molecule has 1 aromatic rings. The van der Waals surface area contributed by atoms with Gasteiger partial charge in [-0.15, -0.1) is 0 Å². The fraction of sp³-hybridized carbons (Fsp3) is 0.357. The summed E-state index contributed by atoms with van der Waals surface area (Å²) in [5.41, 5.74) is 0.893. The van der Waals surface area contributed by atoms with Gasteiger partial charge in [0.15, 0.2) is 0 Å². The number of rotatable bonds is 5. The Labute approximate surface area is 117 Å². The summed E-state index contributed by atoms with van der Waals surface area (Å²) < 4.78 is 0. The van der Waals surface area contributed by atoms with Crippen LogP contribution < -0.4 is 5.32 Å². The number of carboxylic acids is 1. The minimum absolute atomic E-state index is 0.158. The number of hydrogen-bond acceptors (Lipinski definition) is 3. The van der Waals surface area contributed by atoms with Gasteiger partial charge in [-0.1, -0.05) is 19.9 Å². The number of benzene rings is 1. The number of carbonyl (C=O) groups excluding carboxylic acids is 1. The second kappa shape index (κ2) is 7.14. The summed E-state index contributed by atoms with van der Waals surface area (Å²) >= 11 is 0. The molecule has 0 aromatic heterocycles. The highest BCUT2D eigenvalue weighted by Crippen LogP contribution is 2.11. The molecule has 20 heavy (non-hydrogen) atoms. The summed E-state index contributed by atoms with van der Waals surface area (Å²) in [6.45, 7) is 3.79. The van der Waals surface area contributed by atoms with Crippen LogP contribution >= 0.6 is 0 Å². The van der Waals surface area contributed by atoms with Gasteiger partial charge in [0.25, 0.3) is 0 Å². The largest absolute Gasteiger partial charge is 0.480 e. The van der Waals surface area contributed by atoms with Crippen molar-refractivity contribution in [2.45, 2.75) is 13.8 Å². The topological polar surface area (TPSA) is 93.4 Å². The van der Waals surface area contributed by atoms with Crippen LogP contribution in [-0.4, -0.2) is 35.1 Å². The van der Waals surface area contributed by atoms with Crippen LogP contribution in [0.5, 0.6) is 0 Å². The van der Waals surface area contributed by atoms with Crippen LogP contribution in [0.15, 0.2) is 24.3 Å². The molecule has 2 N–H and O–H groups in total. The second-order valence-corrected chi connectivity index (χ2v) is 4.79. The third-order valence-electron chi connectivity index (χ3n) is 2.44. The van der Waals surface area contributed by atoms with Crippen molar-refractivity contribution in [2.75, 3.05) is 18.4 Å². The molecule has 0 fully saturated rings. The molecule has 1 rings (SSSR count). The van der Waals surface area contributed by atoms with E-state index in [9.17, 15) is 9.59 Å². The molecule has 0 aliphatic carbocycles. The molecule has 0 aliphatic rings. The van der Waals surface area contributed by atoms with E-state index in [1.807, 2.05) is 19.9 Å². The first-order valence-electron chi connectivity index (χ1n) is 6.20. The van der Waals surface area contributed by atoms with E-state index >= 15 is 0 Å². The number of amides is 2. The number of carbonyl (C=O) groups is 2. The highest BCUT2D eigenvalue weighted by atomic mass is 16.4. The van der Waals surface area contributed by atoms with Gasteiger partial charge < -0.3 is 15.3 Å². The Bertz CT molecular complexity index is 535. The summed E-state index contributed by atoms with van der Waals surface area (Å²) in [7, 11) is 0. The molecular weight excluding hydrogens is 258 g/mol. The molecule has 0 spiro atoms. The molecule has 0 atom stereocenters. The summed E-state index contributed by atoms with van der Waals surface area (Å²) in [4.78, 5) is 24.1. The zero-order valence-corrected chi connectivity index (χ0v) is 11.5. The van der Waals surface area contributed by atoms with Gasteiger partial charge in [-0.2, -0.15) is 5.26 Å². The zero-order chi connectivity index (χ0) is 15.1. The number of urea groups is 1. The van der Waals surface area contributed by atoms with Crippen molar-refractivity contribution in [3.05, 3.63) is 29.8 Å². The number of nitriles is 1. The maximum absolute atomic E-state index is 12.1. The lowest BCUT2D eigenvalue weighted by Crippen LogP contribution is -2.40. The summed E-state index contributed by atoms with van der Waals surface area (Å²) in [5.74, 6) is -0.905. The quantitative estimate of drug-likeness (QED) is 0.860. The Kier molecular flexibility index (Phi) is 5.54. The standard InChI is InChI=1S/C14H17N3O3/c1-10(2)8-17(9-13(18)19)14(20)16-12-5-3-4-11(6-12)7-15/h3-6,10H,8-9H2,1-2H3,(H,16,20)(H,18,19). The lowest BCUT2D eigenvalue weighted by atomic mass is 10.2. The maximum atomic E-state index is 12.1. The van der Waals surface area contributed by atoms with Crippen molar-refractivity contribution < 1.29 is 14.7 Å². The number of aliphatic carboxylic acids is 1. The number of nitrogens with zero attached hydrogens (tertiary/aromatic N) is 2. The first-order valence-corrected chi connectivity index (χ1v) is 6.20. The van der Waals surface area contributed by atoms with Crippen LogP contribution in [0.2, 0.25) is 0 Å². The van der Waals surface area contributed by atoms with Gasteiger partial charge in [0.1, 0.15) is 6.54 Å². The van der Waals surface area contributed by atoms with Gasteiger partial charge in [-0.25, -0.2) is 4.79 Å². The Morgan fingerprint density at radius 2 is 2.15 bits per heavy atom. The highest BCUT2D eigenvalue weighted by molar-refractivity contribution is 5.91.